The third kappa shape index (κ3) is 4.97. The van der Waals surface area contributed by atoms with E-state index >= 15 is 0 Å². The average Bonchev–Trinajstić information content (AvgIpc) is 2.54. The van der Waals surface area contributed by atoms with Crippen molar-refractivity contribution in [2.75, 3.05) is 25.0 Å². The van der Waals surface area contributed by atoms with Crippen LogP contribution in [0.5, 0.6) is 0 Å². The van der Waals surface area contributed by atoms with E-state index in [9.17, 15) is 5.11 Å². The van der Waals surface area contributed by atoms with E-state index in [0.29, 0.717) is 5.92 Å². The molecule has 1 aliphatic heterocycles. The SMILES string of the molecule is CCCCc1ccc(NC(=S)N2CCC[C@@H](CO)C2)cc1. The average molecular weight is 306 g/mol. The summed E-state index contributed by atoms with van der Waals surface area (Å²) < 4.78 is 0. The Balaban J connectivity index is 1.87. The Morgan fingerprint density at radius 1 is 1.38 bits per heavy atom. The molecule has 1 atom stereocenters. The Morgan fingerprint density at radius 2 is 2.14 bits per heavy atom. The lowest BCUT2D eigenvalue weighted by atomic mass is 9.99. The van der Waals surface area contributed by atoms with Gasteiger partial charge in [-0.15, -0.1) is 0 Å². The quantitative estimate of drug-likeness (QED) is 0.817. The fraction of sp³-hybridized carbons (Fsp3) is 0.588. The predicted molar refractivity (Wildman–Crippen MR) is 92.7 cm³/mol. The first kappa shape index (κ1) is 16.2. The fourth-order valence-electron chi connectivity index (χ4n) is 2.74. The molecule has 1 aromatic carbocycles. The molecule has 0 bridgehead atoms. The number of benzene rings is 1. The highest BCUT2D eigenvalue weighted by atomic mass is 32.1. The minimum atomic E-state index is 0.255. The van der Waals surface area contributed by atoms with Crippen LogP contribution in [0.25, 0.3) is 0 Å². The molecule has 0 spiro atoms. The molecule has 0 aromatic heterocycles. The summed E-state index contributed by atoms with van der Waals surface area (Å²) in [6.45, 7) is 4.31. The molecule has 0 amide bonds. The van der Waals surface area contributed by atoms with Gasteiger partial charge in [0.15, 0.2) is 5.11 Å². The number of aryl methyl sites for hydroxylation is 1. The van der Waals surface area contributed by atoms with Gasteiger partial charge in [0.1, 0.15) is 0 Å². The van der Waals surface area contributed by atoms with Crippen molar-refractivity contribution < 1.29 is 5.11 Å². The van der Waals surface area contributed by atoms with Crippen LogP contribution >= 0.6 is 12.2 Å². The molecule has 2 rings (SSSR count). The van der Waals surface area contributed by atoms with Crippen molar-refractivity contribution in [2.45, 2.75) is 39.0 Å². The first-order valence-corrected chi connectivity index (χ1v) is 8.39. The molecule has 1 aliphatic rings. The van der Waals surface area contributed by atoms with Crippen LogP contribution in [0.15, 0.2) is 24.3 Å². The van der Waals surface area contributed by atoms with Gasteiger partial charge >= 0.3 is 0 Å². The minimum absolute atomic E-state index is 0.255. The summed E-state index contributed by atoms with van der Waals surface area (Å²) in [5.41, 5.74) is 2.43. The highest BCUT2D eigenvalue weighted by molar-refractivity contribution is 7.80. The zero-order chi connectivity index (χ0) is 15.1. The Bertz CT molecular complexity index is 447. The van der Waals surface area contributed by atoms with Gasteiger partial charge in [0.2, 0.25) is 0 Å². The van der Waals surface area contributed by atoms with Gasteiger partial charge in [-0.1, -0.05) is 25.5 Å². The monoisotopic (exact) mass is 306 g/mol. The van der Waals surface area contributed by atoms with E-state index in [0.717, 1.165) is 43.2 Å². The van der Waals surface area contributed by atoms with E-state index in [2.05, 4.69) is 41.4 Å². The van der Waals surface area contributed by atoms with Gasteiger partial charge in [-0.2, -0.15) is 0 Å². The first-order chi connectivity index (χ1) is 10.2. The van der Waals surface area contributed by atoms with Crippen molar-refractivity contribution in [2.24, 2.45) is 5.92 Å². The number of aliphatic hydroxyl groups is 1. The van der Waals surface area contributed by atoms with Gasteiger partial charge in [-0.25, -0.2) is 0 Å². The van der Waals surface area contributed by atoms with Crippen molar-refractivity contribution in [3.63, 3.8) is 0 Å². The summed E-state index contributed by atoms with van der Waals surface area (Å²) in [5, 5.41) is 13.4. The number of nitrogens with zero attached hydrogens (tertiary/aromatic N) is 1. The number of piperidine rings is 1. The Morgan fingerprint density at radius 3 is 2.81 bits per heavy atom. The van der Waals surface area contributed by atoms with E-state index in [4.69, 9.17) is 12.2 Å². The molecule has 0 unspecified atom stereocenters. The smallest absolute Gasteiger partial charge is 0.173 e. The number of likely N-dealkylation sites (tertiary alicyclic amines) is 1. The number of hydrogen-bond acceptors (Lipinski definition) is 2. The van der Waals surface area contributed by atoms with Crippen LogP contribution in [-0.4, -0.2) is 34.8 Å². The molecule has 0 saturated carbocycles. The van der Waals surface area contributed by atoms with Crippen LogP contribution in [-0.2, 0) is 6.42 Å². The molecule has 0 aliphatic carbocycles. The summed E-state index contributed by atoms with van der Waals surface area (Å²) in [7, 11) is 0. The highest BCUT2D eigenvalue weighted by Gasteiger charge is 2.20. The molecule has 1 aromatic rings. The Hall–Kier alpha value is -1.13. The maximum atomic E-state index is 9.29. The summed E-state index contributed by atoms with van der Waals surface area (Å²) in [5.74, 6) is 0.356. The number of nitrogens with one attached hydrogen (secondary N) is 1. The third-order valence-corrected chi connectivity index (χ3v) is 4.45. The Labute approximate surface area is 133 Å². The van der Waals surface area contributed by atoms with Crippen molar-refractivity contribution in [1.82, 2.24) is 4.90 Å². The summed E-state index contributed by atoms with van der Waals surface area (Å²) >= 11 is 5.49. The van der Waals surface area contributed by atoms with Crippen molar-refractivity contribution in [3.8, 4) is 0 Å². The van der Waals surface area contributed by atoms with E-state index in [1.807, 2.05) is 0 Å². The van der Waals surface area contributed by atoms with Crippen LogP contribution in [0.1, 0.15) is 38.2 Å². The topological polar surface area (TPSA) is 35.5 Å². The molecular formula is C17H26N2OS. The molecular weight excluding hydrogens is 280 g/mol. The van der Waals surface area contributed by atoms with Gasteiger partial charge in [0.05, 0.1) is 0 Å². The molecule has 0 radical (unpaired) electrons. The van der Waals surface area contributed by atoms with Crippen LogP contribution < -0.4 is 5.32 Å². The maximum absolute atomic E-state index is 9.29. The predicted octanol–water partition coefficient (Wildman–Crippen LogP) is 3.43. The van der Waals surface area contributed by atoms with E-state index in [1.165, 1.54) is 18.4 Å². The fourth-order valence-corrected chi connectivity index (χ4v) is 3.02. The van der Waals surface area contributed by atoms with Gasteiger partial charge in [0, 0.05) is 25.4 Å². The van der Waals surface area contributed by atoms with Crippen LogP contribution in [0, 0.1) is 5.92 Å². The third-order valence-electron chi connectivity index (χ3n) is 4.09. The molecule has 4 heteroatoms. The number of thiocarbonyl (C=S) groups is 1. The lowest BCUT2D eigenvalue weighted by Crippen LogP contribution is -2.43. The lowest BCUT2D eigenvalue weighted by molar-refractivity contribution is 0.162. The van der Waals surface area contributed by atoms with Crippen LogP contribution in [0.2, 0.25) is 0 Å². The molecule has 116 valence electrons. The van der Waals surface area contributed by atoms with E-state index in [-0.39, 0.29) is 6.61 Å². The Kier molecular flexibility index (Phi) is 6.46. The largest absolute Gasteiger partial charge is 0.396 e. The lowest BCUT2D eigenvalue weighted by Gasteiger charge is -2.33. The zero-order valence-electron chi connectivity index (χ0n) is 12.8. The van der Waals surface area contributed by atoms with Crippen molar-refractivity contribution in [3.05, 3.63) is 29.8 Å². The van der Waals surface area contributed by atoms with Gasteiger partial charge < -0.3 is 15.3 Å². The van der Waals surface area contributed by atoms with E-state index in [1.54, 1.807) is 0 Å². The summed E-state index contributed by atoms with van der Waals surface area (Å²) in [6.07, 6.45) is 5.81. The highest BCUT2D eigenvalue weighted by Crippen LogP contribution is 2.18. The van der Waals surface area contributed by atoms with Crippen molar-refractivity contribution in [1.29, 1.82) is 0 Å². The standard InChI is InChI=1S/C17H26N2OS/c1-2-3-5-14-7-9-16(10-8-14)18-17(21)19-11-4-6-15(12-19)13-20/h7-10,15,20H,2-6,11-13H2,1H3,(H,18,21)/t15-/m1/s1. The second kappa shape index (κ2) is 8.35. The summed E-state index contributed by atoms with van der Waals surface area (Å²) in [6, 6.07) is 8.55. The molecule has 1 saturated heterocycles. The maximum Gasteiger partial charge on any atom is 0.173 e. The molecule has 1 fully saturated rings. The number of aliphatic hydroxyl groups excluding tert-OH is 1. The number of rotatable bonds is 5. The number of hydrogen-bond donors (Lipinski definition) is 2. The van der Waals surface area contributed by atoms with Crippen LogP contribution in [0.4, 0.5) is 5.69 Å². The molecule has 3 nitrogen and oxygen atoms in total. The second-order valence-corrected chi connectivity index (χ2v) is 6.25. The van der Waals surface area contributed by atoms with Crippen molar-refractivity contribution >= 4 is 23.0 Å². The zero-order valence-corrected chi connectivity index (χ0v) is 13.7. The van der Waals surface area contributed by atoms with Gasteiger partial charge in [-0.05, 0) is 61.5 Å². The molecule has 2 N–H and O–H groups in total. The van der Waals surface area contributed by atoms with E-state index < -0.39 is 0 Å². The number of anilines is 1. The molecule has 1 heterocycles. The molecule has 21 heavy (non-hydrogen) atoms. The normalized spacial score (nSPS) is 18.6. The number of unbranched alkanes of at least 4 members (excludes halogenated alkanes) is 1. The first-order valence-electron chi connectivity index (χ1n) is 7.98. The van der Waals surface area contributed by atoms with Crippen LogP contribution in [0.3, 0.4) is 0 Å². The minimum Gasteiger partial charge on any atom is -0.396 e. The summed E-state index contributed by atoms with van der Waals surface area (Å²) in [4.78, 5) is 2.17. The second-order valence-electron chi connectivity index (χ2n) is 5.87. The van der Waals surface area contributed by atoms with Gasteiger partial charge in [0.25, 0.3) is 0 Å². The van der Waals surface area contributed by atoms with Gasteiger partial charge in [-0.3, -0.25) is 0 Å².